The van der Waals surface area contributed by atoms with Gasteiger partial charge < -0.3 is 9.59 Å². The zero-order chi connectivity index (χ0) is 18.7. The molecule has 2 fully saturated rings. The van der Waals surface area contributed by atoms with Crippen LogP contribution in [-0.2, 0) is 22.4 Å². The van der Waals surface area contributed by atoms with E-state index < -0.39 is 0 Å². The van der Waals surface area contributed by atoms with Crippen molar-refractivity contribution in [2.24, 2.45) is 34.5 Å². The number of carbonyl (C=O) groups excluding carboxylic acids is 2. The molecule has 1 heterocycles. The Morgan fingerprint density at radius 3 is 2.65 bits per heavy atom. The van der Waals surface area contributed by atoms with Crippen molar-refractivity contribution in [2.45, 2.75) is 59.3 Å². The molecule has 0 bridgehead atoms. The fourth-order valence-electron chi connectivity index (χ4n) is 6.40. The first-order chi connectivity index (χ1) is 12.3. The Morgan fingerprint density at radius 1 is 1.19 bits per heavy atom. The van der Waals surface area contributed by atoms with Crippen LogP contribution in [0.1, 0.15) is 55.1 Å². The van der Waals surface area contributed by atoms with Crippen LogP contribution in [-0.4, -0.2) is 17.6 Å². The maximum absolute atomic E-state index is 12.3. The zero-order valence-corrected chi connectivity index (χ0v) is 16.9. The lowest BCUT2D eigenvalue weighted by molar-refractivity contribution is -0.129. The quantitative estimate of drug-likeness (QED) is 0.578. The molecule has 0 amide bonds. The first kappa shape index (κ1) is 18.1. The van der Waals surface area contributed by atoms with E-state index in [1.54, 1.807) is 11.3 Å². The van der Waals surface area contributed by atoms with Crippen molar-refractivity contribution in [3.63, 3.8) is 0 Å². The van der Waals surface area contributed by atoms with E-state index >= 15 is 0 Å². The van der Waals surface area contributed by atoms with E-state index in [0.717, 1.165) is 55.5 Å². The smallest absolute Gasteiger partial charge is 0.124 e. The Bertz CT molecular complexity index is 768. The summed E-state index contributed by atoms with van der Waals surface area (Å²) in [6.45, 7) is 10.9. The molecule has 0 aliphatic heterocycles. The predicted octanol–water partition coefficient (Wildman–Crippen LogP) is 4.57. The molecule has 0 spiro atoms. The minimum absolute atomic E-state index is 0.0380. The number of thiazole rings is 1. The van der Waals surface area contributed by atoms with Crippen LogP contribution in [0.25, 0.3) is 0 Å². The van der Waals surface area contributed by atoms with Gasteiger partial charge in [0.15, 0.2) is 0 Å². The van der Waals surface area contributed by atoms with Crippen LogP contribution in [0.3, 0.4) is 0 Å². The van der Waals surface area contributed by atoms with Crippen LogP contribution in [0, 0.1) is 41.4 Å². The number of aromatic nitrogens is 1. The SMILES string of the molecule is C=C1CCC2C(C=O)C(C3(C)Cc4sc(C)nc4CC3C=O)CCC12C. The Hall–Kier alpha value is -1.29. The molecule has 26 heavy (non-hydrogen) atoms. The molecule has 0 N–H and O–H groups in total. The first-order valence-electron chi connectivity index (χ1n) is 9.87. The summed E-state index contributed by atoms with van der Waals surface area (Å²) in [6, 6.07) is 0. The van der Waals surface area contributed by atoms with Crippen molar-refractivity contribution >= 4 is 23.9 Å². The number of carbonyl (C=O) groups is 2. The van der Waals surface area contributed by atoms with Gasteiger partial charge in [-0.2, -0.15) is 0 Å². The monoisotopic (exact) mass is 371 g/mol. The van der Waals surface area contributed by atoms with Crippen molar-refractivity contribution < 1.29 is 9.59 Å². The molecule has 140 valence electrons. The van der Waals surface area contributed by atoms with Crippen LogP contribution in [0.4, 0.5) is 0 Å². The number of allylic oxidation sites excluding steroid dienone is 1. The third-order valence-corrected chi connectivity index (χ3v) is 9.16. The van der Waals surface area contributed by atoms with Gasteiger partial charge in [0.1, 0.15) is 12.6 Å². The number of fused-ring (bicyclic) bond motifs is 2. The molecule has 6 atom stereocenters. The van der Waals surface area contributed by atoms with Gasteiger partial charge in [-0.3, -0.25) is 0 Å². The summed E-state index contributed by atoms with van der Waals surface area (Å²) in [4.78, 5) is 30.3. The molecule has 0 saturated heterocycles. The van der Waals surface area contributed by atoms with Crippen molar-refractivity contribution in [1.29, 1.82) is 0 Å². The Morgan fingerprint density at radius 2 is 1.96 bits per heavy atom. The van der Waals surface area contributed by atoms with E-state index in [1.165, 1.54) is 16.7 Å². The van der Waals surface area contributed by atoms with Gasteiger partial charge in [-0.05, 0) is 61.7 Å². The number of aryl methyl sites for hydroxylation is 1. The lowest BCUT2D eigenvalue weighted by atomic mass is 9.50. The summed E-state index contributed by atoms with van der Waals surface area (Å²) < 4.78 is 0. The van der Waals surface area contributed by atoms with Crippen molar-refractivity contribution in [2.75, 3.05) is 0 Å². The van der Waals surface area contributed by atoms with Crippen LogP contribution < -0.4 is 0 Å². The Balaban J connectivity index is 1.72. The molecule has 4 rings (SSSR count). The average Bonchev–Trinajstić information content (AvgIpc) is 3.11. The van der Waals surface area contributed by atoms with Gasteiger partial charge in [-0.25, -0.2) is 4.98 Å². The molecule has 3 nitrogen and oxygen atoms in total. The van der Waals surface area contributed by atoms with E-state index in [4.69, 9.17) is 0 Å². The topological polar surface area (TPSA) is 47.0 Å². The molecule has 1 aromatic heterocycles. The van der Waals surface area contributed by atoms with Crippen LogP contribution in [0.15, 0.2) is 12.2 Å². The molecule has 1 aromatic rings. The highest BCUT2D eigenvalue weighted by molar-refractivity contribution is 7.11. The van der Waals surface area contributed by atoms with Gasteiger partial charge in [0.05, 0.1) is 10.7 Å². The molecule has 3 aliphatic rings. The summed E-state index contributed by atoms with van der Waals surface area (Å²) in [5.41, 5.74) is 2.40. The van der Waals surface area contributed by atoms with Gasteiger partial charge in [0, 0.05) is 23.1 Å². The van der Waals surface area contributed by atoms with Crippen LogP contribution in [0.2, 0.25) is 0 Å². The normalized spacial score (nSPS) is 42.2. The van der Waals surface area contributed by atoms with E-state index in [-0.39, 0.29) is 28.6 Å². The largest absolute Gasteiger partial charge is 0.303 e. The number of nitrogens with zero attached hydrogens (tertiary/aromatic N) is 1. The first-order valence-corrected chi connectivity index (χ1v) is 10.7. The third-order valence-electron chi connectivity index (χ3n) is 8.14. The van der Waals surface area contributed by atoms with Crippen molar-refractivity contribution in [3.8, 4) is 0 Å². The second-order valence-electron chi connectivity index (χ2n) is 9.26. The molecular weight excluding hydrogens is 342 g/mol. The zero-order valence-electron chi connectivity index (χ0n) is 16.1. The van der Waals surface area contributed by atoms with Crippen molar-refractivity contribution in [3.05, 3.63) is 27.7 Å². The second kappa shape index (κ2) is 6.12. The number of rotatable bonds is 3. The third kappa shape index (κ3) is 2.41. The molecule has 6 unspecified atom stereocenters. The molecule has 3 aliphatic carbocycles. The van der Waals surface area contributed by atoms with Crippen LogP contribution >= 0.6 is 11.3 Å². The lowest BCUT2D eigenvalue weighted by Crippen LogP contribution is -2.51. The summed E-state index contributed by atoms with van der Waals surface area (Å²) in [6.07, 6.45) is 8.21. The van der Waals surface area contributed by atoms with Gasteiger partial charge >= 0.3 is 0 Å². The number of hydrogen-bond acceptors (Lipinski definition) is 4. The molecule has 0 radical (unpaired) electrons. The summed E-state index contributed by atoms with van der Waals surface area (Å²) in [5, 5.41) is 1.08. The standard InChI is InChI=1S/C22H29NO2S/c1-13-5-6-17-16(12-25)18(7-8-21(13,17)3)22(4)10-20-19(9-15(22)11-24)23-14(2)26-20/h11-12,15-18H,1,5-10H2,2-4H3. The van der Waals surface area contributed by atoms with Gasteiger partial charge in [-0.1, -0.05) is 26.0 Å². The maximum Gasteiger partial charge on any atom is 0.124 e. The molecule has 4 heteroatoms. The average molecular weight is 372 g/mol. The fourth-order valence-corrected chi connectivity index (χ4v) is 7.54. The molecule has 2 saturated carbocycles. The maximum atomic E-state index is 12.3. The van der Waals surface area contributed by atoms with E-state index in [9.17, 15) is 9.59 Å². The van der Waals surface area contributed by atoms with Gasteiger partial charge in [0.25, 0.3) is 0 Å². The van der Waals surface area contributed by atoms with E-state index in [2.05, 4.69) is 25.4 Å². The summed E-state index contributed by atoms with van der Waals surface area (Å²) in [5.74, 6) is 0.656. The minimum Gasteiger partial charge on any atom is -0.303 e. The van der Waals surface area contributed by atoms with Crippen LogP contribution in [0.5, 0.6) is 0 Å². The predicted molar refractivity (Wildman–Crippen MR) is 104 cm³/mol. The Labute approximate surface area is 160 Å². The number of hydrogen-bond donors (Lipinski definition) is 0. The molecular formula is C22H29NO2S. The summed E-state index contributed by atoms with van der Waals surface area (Å²) in [7, 11) is 0. The van der Waals surface area contributed by atoms with E-state index in [1.807, 2.05) is 6.92 Å². The van der Waals surface area contributed by atoms with Gasteiger partial charge in [-0.15, -0.1) is 11.3 Å². The number of aldehydes is 2. The van der Waals surface area contributed by atoms with Crippen molar-refractivity contribution in [1.82, 2.24) is 4.98 Å². The van der Waals surface area contributed by atoms with Gasteiger partial charge in [0.2, 0.25) is 0 Å². The minimum atomic E-state index is -0.148. The van der Waals surface area contributed by atoms with E-state index in [0.29, 0.717) is 5.92 Å². The molecule has 0 aromatic carbocycles. The Kier molecular flexibility index (Phi) is 4.26. The summed E-state index contributed by atoms with van der Waals surface area (Å²) >= 11 is 1.77. The second-order valence-corrected chi connectivity index (χ2v) is 10.5. The highest BCUT2D eigenvalue weighted by Crippen LogP contribution is 2.62. The lowest BCUT2D eigenvalue weighted by Gasteiger charge is -2.53. The highest BCUT2D eigenvalue weighted by Gasteiger charge is 2.57. The highest BCUT2D eigenvalue weighted by atomic mass is 32.1. The fraction of sp³-hybridized carbons (Fsp3) is 0.682.